The molecular weight excluding hydrogens is 216 g/mol. The summed E-state index contributed by atoms with van der Waals surface area (Å²) in [4.78, 5) is 13.8. The van der Waals surface area contributed by atoms with Crippen LogP contribution in [0.2, 0.25) is 0 Å². The number of carbonyl (C=O) groups excluding carboxylic acids is 1. The highest BCUT2D eigenvalue weighted by Gasteiger charge is 2.18. The summed E-state index contributed by atoms with van der Waals surface area (Å²) in [5.41, 5.74) is 2.47. The maximum atomic E-state index is 12.2. The molecule has 4 nitrogen and oxygen atoms in total. The third-order valence-electron chi connectivity index (χ3n) is 2.67. The zero-order valence-electron chi connectivity index (χ0n) is 10.1. The topological polar surface area (TPSA) is 46.3 Å². The van der Waals surface area contributed by atoms with Gasteiger partial charge in [0.15, 0.2) is 0 Å². The van der Waals surface area contributed by atoms with Crippen LogP contribution in [-0.4, -0.2) is 18.1 Å². The maximum Gasteiger partial charge on any atom is 0.263 e. The number of hydrogen-bond acceptors (Lipinski definition) is 3. The number of nitrogens with zero attached hydrogens (tertiary/aromatic N) is 2. The van der Waals surface area contributed by atoms with E-state index in [2.05, 4.69) is 5.16 Å². The molecule has 0 radical (unpaired) electrons. The van der Waals surface area contributed by atoms with Crippen molar-refractivity contribution in [3.8, 4) is 0 Å². The lowest BCUT2D eigenvalue weighted by molar-refractivity contribution is 0.0991. The van der Waals surface area contributed by atoms with Crippen LogP contribution in [0.25, 0.3) is 0 Å². The molecule has 0 aliphatic carbocycles. The van der Waals surface area contributed by atoms with Crippen LogP contribution in [0.5, 0.6) is 0 Å². The molecule has 0 atom stereocenters. The Bertz CT molecular complexity index is 546. The van der Waals surface area contributed by atoms with Gasteiger partial charge in [0.1, 0.15) is 11.3 Å². The van der Waals surface area contributed by atoms with Crippen molar-refractivity contribution < 1.29 is 9.32 Å². The highest BCUT2D eigenvalue weighted by Crippen LogP contribution is 2.18. The lowest BCUT2D eigenvalue weighted by atomic mass is 10.2. The summed E-state index contributed by atoms with van der Waals surface area (Å²) in [7, 11) is 1.74. The van der Waals surface area contributed by atoms with Crippen molar-refractivity contribution in [2.24, 2.45) is 0 Å². The van der Waals surface area contributed by atoms with Crippen LogP contribution in [0.1, 0.15) is 21.7 Å². The average molecular weight is 230 g/mol. The molecule has 0 spiro atoms. The first-order valence-electron chi connectivity index (χ1n) is 5.35. The monoisotopic (exact) mass is 230 g/mol. The molecule has 1 heterocycles. The number of hydrogen-bond donors (Lipinski definition) is 0. The maximum absolute atomic E-state index is 12.2. The first-order valence-corrected chi connectivity index (χ1v) is 5.35. The lowest BCUT2D eigenvalue weighted by Crippen LogP contribution is -2.26. The first-order chi connectivity index (χ1) is 8.09. The minimum atomic E-state index is -0.116. The second kappa shape index (κ2) is 4.41. The molecule has 2 rings (SSSR count). The van der Waals surface area contributed by atoms with Gasteiger partial charge in [-0.3, -0.25) is 4.79 Å². The van der Waals surface area contributed by atoms with Gasteiger partial charge in [0.05, 0.1) is 6.20 Å². The summed E-state index contributed by atoms with van der Waals surface area (Å²) in [5.74, 6) is 0.420. The Kier molecular flexibility index (Phi) is 2.95. The SMILES string of the molecule is Cc1cccc(N(C)C(=O)c2cnoc2C)c1. The second-order valence-electron chi connectivity index (χ2n) is 4.00. The summed E-state index contributed by atoms with van der Waals surface area (Å²) >= 11 is 0. The molecule has 1 aromatic carbocycles. The Labute approximate surface area is 99.8 Å². The van der Waals surface area contributed by atoms with E-state index in [-0.39, 0.29) is 5.91 Å². The van der Waals surface area contributed by atoms with Crippen molar-refractivity contribution in [1.82, 2.24) is 5.16 Å². The number of aryl methyl sites for hydroxylation is 2. The van der Waals surface area contributed by atoms with Crippen molar-refractivity contribution in [1.29, 1.82) is 0 Å². The van der Waals surface area contributed by atoms with Gasteiger partial charge in [-0.15, -0.1) is 0 Å². The predicted molar refractivity (Wildman–Crippen MR) is 65.2 cm³/mol. The fraction of sp³-hybridized carbons (Fsp3) is 0.231. The largest absolute Gasteiger partial charge is 0.361 e. The number of benzene rings is 1. The smallest absolute Gasteiger partial charge is 0.263 e. The zero-order valence-corrected chi connectivity index (χ0v) is 10.1. The molecule has 1 aromatic heterocycles. The predicted octanol–water partition coefficient (Wildman–Crippen LogP) is 2.57. The molecule has 0 saturated heterocycles. The second-order valence-corrected chi connectivity index (χ2v) is 4.00. The van der Waals surface area contributed by atoms with Crippen LogP contribution in [0, 0.1) is 13.8 Å². The molecule has 2 aromatic rings. The molecule has 1 amide bonds. The van der Waals surface area contributed by atoms with Crippen LogP contribution in [0.3, 0.4) is 0 Å². The van der Waals surface area contributed by atoms with E-state index in [1.165, 1.54) is 6.20 Å². The van der Waals surface area contributed by atoms with E-state index >= 15 is 0 Å². The van der Waals surface area contributed by atoms with Gasteiger partial charge in [0, 0.05) is 12.7 Å². The van der Waals surface area contributed by atoms with Crippen molar-refractivity contribution in [3.05, 3.63) is 47.3 Å². The Hall–Kier alpha value is -2.10. The van der Waals surface area contributed by atoms with Gasteiger partial charge in [0.25, 0.3) is 5.91 Å². The van der Waals surface area contributed by atoms with E-state index < -0.39 is 0 Å². The Balaban J connectivity index is 2.30. The molecule has 0 unspecified atom stereocenters. The minimum Gasteiger partial charge on any atom is -0.361 e. The molecule has 88 valence electrons. The van der Waals surface area contributed by atoms with Crippen LogP contribution in [0.4, 0.5) is 5.69 Å². The number of anilines is 1. The van der Waals surface area contributed by atoms with E-state index in [0.29, 0.717) is 11.3 Å². The van der Waals surface area contributed by atoms with Crippen molar-refractivity contribution >= 4 is 11.6 Å². The van der Waals surface area contributed by atoms with E-state index in [9.17, 15) is 4.79 Å². The van der Waals surface area contributed by atoms with E-state index in [1.807, 2.05) is 31.2 Å². The highest BCUT2D eigenvalue weighted by atomic mass is 16.5. The minimum absolute atomic E-state index is 0.116. The van der Waals surface area contributed by atoms with E-state index in [1.54, 1.807) is 18.9 Å². The fourth-order valence-electron chi connectivity index (χ4n) is 1.64. The van der Waals surface area contributed by atoms with Gasteiger partial charge in [-0.05, 0) is 31.5 Å². The fourth-order valence-corrected chi connectivity index (χ4v) is 1.64. The summed E-state index contributed by atoms with van der Waals surface area (Å²) in [6, 6.07) is 7.77. The molecule has 0 N–H and O–H groups in total. The Morgan fingerprint density at radius 2 is 2.12 bits per heavy atom. The first kappa shape index (κ1) is 11.4. The van der Waals surface area contributed by atoms with Gasteiger partial charge in [0.2, 0.25) is 0 Å². The summed E-state index contributed by atoms with van der Waals surface area (Å²) in [6.45, 7) is 3.72. The number of carbonyl (C=O) groups is 1. The summed E-state index contributed by atoms with van der Waals surface area (Å²) < 4.78 is 4.90. The average Bonchev–Trinajstić information content (AvgIpc) is 2.73. The summed E-state index contributed by atoms with van der Waals surface area (Å²) in [6.07, 6.45) is 1.45. The molecule has 0 aliphatic rings. The van der Waals surface area contributed by atoms with Crippen molar-refractivity contribution in [2.45, 2.75) is 13.8 Å². The van der Waals surface area contributed by atoms with E-state index in [0.717, 1.165) is 11.3 Å². The molecular formula is C13H14N2O2. The molecule has 0 bridgehead atoms. The van der Waals surface area contributed by atoms with Crippen LogP contribution in [0.15, 0.2) is 35.0 Å². The van der Waals surface area contributed by atoms with Crippen LogP contribution >= 0.6 is 0 Å². The van der Waals surface area contributed by atoms with Gasteiger partial charge >= 0.3 is 0 Å². The van der Waals surface area contributed by atoms with Crippen molar-refractivity contribution in [3.63, 3.8) is 0 Å². The normalized spacial score (nSPS) is 10.3. The standard InChI is InChI=1S/C13H14N2O2/c1-9-5-4-6-11(7-9)15(3)13(16)12-8-14-17-10(12)2/h4-8H,1-3H3. The number of rotatable bonds is 2. The molecule has 0 fully saturated rings. The van der Waals surface area contributed by atoms with Gasteiger partial charge < -0.3 is 9.42 Å². The molecule has 4 heteroatoms. The lowest BCUT2D eigenvalue weighted by Gasteiger charge is -2.16. The number of amides is 1. The molecule has 17 heavy (non-hydrogen) atoms. The van der Waals surface area contributed by atoms with Gasteiger partial charge in [-0.25, -0.2) is 0 Å². The van der Waals surface area contributed by atoms with Crippen LogP contribution in [-0.2, 0) is 0 Å². The quantitative estimate of drug-likeness (QED) is 0.796. The summed E-state index contributed by atoms with van der Waals surface area (Å²) in [5, 5.41) is 3.61. The van der Waals surface area contributed by atoms with Gasteiger partial charge in [-0.1, -0.05) is 17.3 Å². The molecule has 0 aliphatic heterocycles. The Morgan fingerprint density at radius 1 is 1.35 bits per heavy atom. The Morgan fingerprint density at radius 3 is 2.71 bits per heavy atom. The molecule has 0 saturated carbocycles. The van der Waals surface area contributed by atoms with Crippen molar-refractivity contribution in [2.75, 3.05) is 11.9 Å². The zero-order chi connectivity index (χ0) is 12.4. The third-order valence-corrected chi connectivity index (χ3v) is 2.67. The van der Waals surface area contributed by atoms with Crippen LogP contribution < -0.4 is 4.90 Å². The van der Waals surface area contributed by atoms with Gasteiger partial charge in [-0.2, -0.15) is 0 Å². The highest BCUT2D eigenvalue weighted by molar-refractivity contribution is 6.06. The third kappa shape index (κ3) is 2.20. The van der Waals surface area contributed by atoms with E-state index in [4.69, 9.17) is 4.52 Å². The number of aromatic nitrogens is 1.